The van der Waals surface area contributed by atoms with Crippen LogP contribution in [0.25, 0.3) is 0 Å². The number of carboxylic acid groups (broad SMARTS) is 1. The van der Waals surface area contributed by atoms with Crippen LogP contribution in [0.2, 0.25) is 0 Å². The van der Waals surface area contributed by atoms with Crippen LogP contribution in [0.5, 0.6) is 0 Å². The molecule has 0 amide bonds. The molecule has 3 nitrogen and oxygen atoms in total. The lowest BCUT2D eigenvalue weighted by Crippen LogP contribution is -2.29. The van der Waals surface area contributed by atoms with Crippen molar-refractivity contribution in [2.45, 2.75) is 25.8 Å². The second kappa shape index (κ2) is 4.66. The zero-order valence-electron chi connectivity index (χ0n) is 9.44. The van der Waals surface area contributed by atoms with Crippen LogP contribution in [0.4, 0.5) is 0 Å². The first-order chi connectivity index (χ1) is 7.65. The predicted molar refractivity (Wildman–Crippen MR) is 62.4 cm³/mol. The maximum atomic E-state index is 10.8. The number of benzene rings is 1. The van der Waals surface area contributed by atoms with E-state index in [2.05, 4.69) is 36.5 Å². The first-order valence-electron chi connectivity index (χ1n) is 5.67. The van der Waals surface area contributed by atoms with Crippen molar-refractivity contribution in [2.24, 2.45) is 5.92 Å². The number of carbonyl (C=O) groups is 1. The molecule has 1 aromatic rings. The number of aryl methyl sites for hydroxylation is 1. The molecular weight excluding hydrogens is 202 g/mol. The SMILES string of the molecule is Cc1cccc(CC2CN[C@H](C(=O)O)C2)c1. The third kappa shape index (κ3) is 2.61. The van der Waals surface area contributed by atoms with Crippen LogP contribution in [-0.4, -0.2) is 23.7 Å². The Bertz CT molecular complexity index is 389. The largest absolute Gasteiger partial charge is 0.480 e. The highest BCUT2D eigenvalue weighted by molar-refractivity contribution is 5.73. The minimum atomic E-state index is -0.730. The standard InChI is InChI=1S/C13H17NO2/c1-9-3-2-4-10(5-9)6-11-7-12(13(15)16)14-8-11/h2-5,11-12,14H,6-8H2,1H3,(H,15,16)/t11?,12-/m0/s1. The van der Waals surface area contributed by atoms with Gasteiger partial charge in [-0.3, -0.25) is 4.79 Å². The highest BCUT2D eigenvalue weighted by Crippen LogP contribution is 2.19. The molecule has 2 atom stereocenters. The Morgan fingerprint density at radius 1 is 1.56 bits per heavy atom. The molecule has 0 bridgehead atoms. The first kappa shape index (κ1) is 11.1. The van der Waals surface area contributed by atoms with Gasteiger partial charge in [-0.25, -0.2) is 0 Å². The number of rotatable bonds is 3. The smallest absolute Gasteiger partial charge is 0.320 e. The van der Waals surface area contributed by atoms with Gasteiger partial charge in [0.25, 0.3) is 0 Å². The molecule has 1 unspecified atom stereocenters. The predicted octanol–water partition coefficient (Wildman–Crippen LogP) is 1.60. The van der Waals surface area contributed by atoms with Gasteiger partial charge in [0.05, 0.1) is 0 Å². The van der Waals surface area contributed by atoms with Gasteiger partial charge < -0.3 is 10.4 Å². The van der Waals surface area contributed by atoms with Crippen molar-refractivity contribution in [3.63, 3.8) is 0 Å². The summed E-state index contributed by atoms with van der Waals surface area (Å²) in [6, 6.07) is 8.07. The van der Waals surface area contributed by atoms with Crippen LogP contribution >= 0.6 is 0 Å². The Morgan fingerprint density at radius 2 is 2.38 bits per heavy atom. The summed E-state index contributed by atoms with van der Waals surface area (Å²) in [6.07, 6.45) is 1.71. The summed E-state index contributed by atoms with van der Waals surface area (Å²) in [4.78, 5) is 10.8. The first-order valence-corrected chi connectivity index (χ1v) is 5.67. The van der Waals surface area contributed by atoms with Gasteiger partial charge in [0.1, 0.15) is 6.04 Å². The van der Waals surface area contributed by atoms with Gasteiger partial charge in [-0.05, 0) is 37.8 Å². The minimum Gasteiger partial charge on any atom is -0.480 e. The van der Waals surface area contributed by atoms with Gasteiger partial charge >= 0.3 is 5.97 Å². The Hall–Kier alpha value is -1.35. The highest BCUT2D eigenvalue weighted by atomic mass is 16.4. The van der Waals surface area contributed by atoms with E-state index in [4.69, 9.17) is 5.11 Å². The molecule has 16 heavy (non-hydrogen) atoms. The number of aliphatic carboxylic acids is 1. The van der Waals surface area contributed by atoms with Gasteiger partial charge in [0.2, 0.25) is 0 Å². The Labute approximate surface area is 95.5 Å². The van der Waals surface area contributed by atoms with Crippen molar-refractivity contribution in [1.82, 2.24) is 5.32 Å². The zero-order valence-corrected chi connectivity index (χ0v) is 9.44. The topological polar surface area (TPSA) is 49.3 Å². The molecule has 0 radical (unpaired) electrons. The van der Waals surface area contributed by atoms with Crippen LogP contribution < -0.4 is 5.32 Å². The fourth-order valence-electron chi connectivity index (χ4n) is 2.33. The molecule has 1 heterocycles. The van der Waals surface area contributed by atoms with E-state index in [-0.39, 0.29) is 6.04 Å². The molecule has 3 heteroatoms. The van der Waals surface area contributed by atoms with Gasteiger partial charge in [-0.15, -0.1) is 0 Å². The van der Waals surface area contributed by atoms with Crippen molar-refractivity contribution in [3.05, 3.63) is 35.4 Å². The third-order valence-electron chi connectivity index (χ3n) is 3.13. The fraction of sp³-hybridized carbons (Fsp3) is 0.462. The summed E-state index contributed by atoms with van der Waals surface area (Å²) in [5.74, 6) is -0.283. The van der Waals surface area contributed by atoms with E-state index in [1.165, 1.54) is 11.1 Å². The maximum Gasteiger partial charge on any atom is 0.320 e. The second-order valence-corrected chi connectivity index (χ2v) is 4.59. The Kier molecular flexibility index (Phi) is 3.25. The molecule has 2 N–H and O–H groups in total. The zero-order chi connectivity index (χ0) is 11.5. The molecule has 0 aromatic heterocycles. The van der Waals surface area contributed by atoms with Crippen molar-refractivity contribution in [1.29, 1.82) is 0 Å². The lowest BCUT2D eigenvalue weighted by molar-refractivity contribution is -0.139. The minimum absolute atomic E-state index is 0.352. The average molecular weight is 219 g/mol. The maximum absolute atomic E-state index is 10.8. The van der Waals surface area contributed by atoms with E-state index in [1.54, 1.807) is 0 Å². The summed E-state index contributed by atoms with van der Waals surface area (Å²) in [5.41, 5.74) is 2.57. The summed E-state index contributed by atoms with van der Waals surface area (Å²) in [5, 5.41) is 11.9. The number of hydrogen-bond donors (Lipinski definition) is 2. The van der Waals surface area contributed by atoms with E-state index in [1.807, 2.05) is 0 Å². The number of carboxylic acids is 1. The van der Waals surface area contributed by atoms with Crippen molar-refractivity contribution >= 4 is 5.97 Å². The van der Waals surface area contributed by atoms with Gasteiger partial charge in [0, 0.05) is 0 Å². The lowest BCUT2D eigenvalue weighted by atomic mass is 9.96. The van der Waals surface area contributed by atoms with Gasteiger partial charge in [0.15, 0.2) is 0 Å². The normalized spacial score (nSPS) is 24.6. The van der Waals surface area contributed by atoms with Crippen molar-refractivity contribution in [3.8, 4) is 0 Å². The van der Waals surface area contributed by atoms with Crippen LogP contribution in [0.15, 0.2) is 24.3 Å². The van der Waals surface area contributed by atoms with Crippen molar-refractivity contribution < 1.29 is 9.90 Å². The van der Waals surface area contributed by atoms with Crippen LogP contribution in [0.3, 0.4) is 0 Å². The molecule has 1 fully saturated rings. The van der Waals surface area contributed by atoms with E-state index in [0.717, 1.165) is 19.4 Å². The van der Waals surface area contributed by atoms with E-state index >= 15 is 0 Å². The molecular formula is C13H17NO2. The van der Waals surface area contributed by atoms with Crippen molar-refractivity contribution in [2.75, 3.05) is 6.54 Å². The monoisotopic (exact) mass is 219 g/mol. The quantitative estimate of drug-likeness (QED) is 0.811. The fourth-order valence-corrected chi connectivity index (χ4v) is 2.33. The van der Waals surface area contributed by atoms with Crippen LogP contribution in [-0.2, 0) is 11.2 Å². The second-order valence-electron chi connectivity index (χ2n) is 4.59. The van der Waals surface area contributed by atoms with Crippen LogP contribution in [0, 0.1) is 12.8 Å². The van der Waals surface area contributed by atoms with E-state index < -0.39 is 5.97 Å². The molecule has 2 rings (SSSR count). The molecule has 1 saturated heterocycles. The summed E-state index contributed by atoms with van der Waals surface area (Å²) >= 11 is 0. The average Bonchev–Trinajstić information content (AvgIpc) is 2.66. The van der Waals surface area contributed by atoms with Crippen LogP contribution in [0.1, 0.15) is 17.5 Å². The van der Waals surface area contributed by atoms with Gasteiger partial charge in [-0.1, -0.05) is 29.8 Å². The van der Waals surface area contributed by atoms with E-state index in [0.29, 0.717) is 5.92 Å². The molecule has 0 spiro atoms. The molecule has 1 aliphatic heterocycles. The number of nitrogens with one attached hydrogen (secondary N) is 1. The summed E-state index contributed by atoms with van der Waals surface area (Å²) in [6.45, 7) is 2.89. The highest BCUT2D eigenvalue weighted by Gasteiger charge is 2.28. The lowest BCUT2D eigenvalue weighted by Gasteiger charge is -2.08. The Balaban J connectivity index is 1.94. The molecule has 1 aromatic carbocycles. The molecule has 0 aliphatic carbocycles. The Morgan fingerprint density at radius 3 is 3.00 bits per heavy atom. The van der Waals surface area contributed by atoms with E-state index in [9.17, 15) is 4.79 Å². The summed E-state index contributed by atoms with van der Waals surface area (Å²) < 4.78 is 0. The van der Waals surface area contributed by atoms with Gasteiger partial charge in [-0.2, -0.15) is 0 Å². The third-order valence-corrected chi connectivity index (χ3v) is 3.13. The number of hydrogen-bond acceptors (Lipinski definition) is 2. The molecule has 86 valence electrons. The molecule has 1 aliphatic rings. The molecule has 0 saturated carbocycles. The summed E-state index contributed by atoms with van der Waals surface area (Å²) in [7, 11) is 0.